The molecule has 2 aromatic heterocycles. The highest BCUT2D eigenvalue weighted by Gasteiger charge is 2.21. The van der Waals surface area contributed by atoms with Gasteiger partial charge >= 0.3 is 0 Å². The molecule has 140 valence electrons. The molecular formula is C23H21N3OS. The van der Waals surface area contributed by atoms with E-state index in [0.717, 1.165) is 59.0 Å². The van der Waals surface area contributed by atoms with Gasteiger partial charge in [-0.1, -0.05) is 48.5 Å². The van der Waals surface area contributed by atoms with E-state index in [0.29, 0.717) is 6.42 Å². The van der Waals surface area contributed by atoms with Crippen LogP contribution in [0.25, 0.3) is 33.4 Å². The Kier molecular flexibility index (Phi) is 4.45. The van der Waals surface area contributed by atoms with Gasteiger partial charge in [0.25, 0.3) is 0 Å². The number of H-pyrrole nitrogens is 1. The van der Waals surface area contributed by atoms with Gasteiger partial charge in [-0.2, -0.15) is 0 Å². The molecule has 0 spiro atoms. The number of benzene rings is 2. The predicted octanol–water partition coefficient (Wildman–Crippen LogP) is 5.12. The van der Waals surface area contributed by atoms with Gasteiger partial charge in [-0.25, -0.2) is 4.98 Å². The number of hydrogen-bond donors (Lipinski definition) is 1. The molecule has 0 unspecified atom stereocenters. The molecule has 1 aliphatic rings. The Morgan fingerprint density at radius 1 is 1.07 bits per heavy atom. The molecule has 1 fully saturated rings. The van der Waals surface area contributed by atoms with Gasteiger partial charge in [-0.15, -0.1) is 11.3 Å². The summed E-state index contributed by atoms with van der Waals surface area (Å²) in [5.41, 5.74) is 5.54. The number of nitrogens with one attached hydrogen (secondary N) is 1. The van der Waals surface area contributed by atoms with Gasteiger partial charge in [0.15, 0.2) is 0 Å². The maximum absolute atomic E-state index is 11.8. The zero-order valence-electron chi connectivity index (χ0n) is 15.5. The molecule has 1 saturated heterocycles. The highest BCUT2D eigenvalue weighted by molar-refractivity contribution is 7.10. The van der Waals surface area contributed by atoms with Gasteiger partial charge in [0, 0.05) is 47.8 Å². The molecule has 2 aromatic carbocycles. The van der Waals surface area contributed by atoms with Crippen LogP contribution < -0.4 is 0 Å². The number of thiazole rings is 1. The number of carbonyl (C=O) groups is 1. The summed E-state index contributed by atoms with van der Waals surface area (Å²) >= 11 is 1.68. The lowest BCUT2D eigenvalue weighted by molar-refractivity contribution is -0.127. The summed E-state index contributed by atoms with van der Waals surface area (Å²) in [5, 5.41) is 4.41. The average molecular weight is 388 g/mol. The summed E-state index contributed by atoms with van der Waals surface area (Å²) in [6.45, 7) is 1.66. The number of amides is 1. The number of para-hydroxylation sites is 1. The van der Waals surface area contributed by atoms with Gasteiger partial charge < -0.3 is 9.88 Å². The molecule has 0 aliphatic carbocycles. The first kappa shape index (κ1) is 17.2. The van der Waals surface area contributed by atoms with Crippen molar-refractivity contribution in [2.45, 2.75) is 19.3 Å². The number of rotatable bonds is 5. The zero-order chi connectivity index (χ0) is 18.9. The maximum Gasteiger partial charge on any atom is 0.222 e. The number of aromatic nitrogens is 2. The smallest absolute Gasteiger partial charge is 0.222 e. The fourth-order valence-corrected chi connectivity index (χ4v) is 4.72. The first-order valence-electron chi connectivity index (χ1n) is 9.68. The van der Waals surface area contributed by atoms with Crippen LogP contribution in [0.5, 0.6) is 0 Å². The summed E-state index contributed by atoms with van der Waals surface area (Å²) < 4.78 is 0. The van der Waals surface area contributed by atoms with E-state index in [1.807, 2.05) is 11.0 Å². The third-order valence-electron chi connectivity index (χ3n) is 5.34. The highest BCUT2D eigenvalue weighted by atomic mass is 32.1. The second-order valence-corrected chi connectivity index (χ2v) is 8.09. The van der Waals surface area contributed by atoms with Crippen LogP contribution in [0.2, 0.25) is 0 Å². The van der Waals surface area contributed by atoms with Gasteiger partial charge in [0.2, 0.25) is 5.91 Å². The topological polar surface area (TPSA) is 49.0 Å². The van der Waals surface area contributed by atoms with Crippen molar-refractivity contribution in [3.8, 4) is 22.5 Å². The van der Waals surface area contributed by atoms with Crippen LogP contribution in [0.3, 0.4) is 0 Å². The van der Waals surface area contributed by atoms with Crippen LogP contribution in [0, 0.1) is 0 Å². The van der Waals surface area contributed by atoms with Crippen LogP contribution >= 0.6 is 11.3 Å². The van der Waals surface area contributed by atoms with E-state index >= 15 is 0 Å². The fourth-order valence-electron chi connectivity index (χ4n) is 3.94. The van der Waals surface area contributed by atoms with Crippen molar-refractivity contribution in [1.82, 2.24) is 14.9 Å². The molecule has 0 radical (unpaired) electrons. The lowest BCUT2D eigenvalue weighted by Gasteiger charge is -2.13. The van der Waals surface area contributed by atoms with E-state index in [-0.39, 0.29) is 5.91 Å². The first-order chi connectivity index (χ1) is 13.8. The number of aromatic amines is 1. The van der Waals surface area contributed by atoms with Crippen LogP contribution in [0.4, 0.5) is 0 Å². The molecule has 0 atom stereocenters. The Labute approximate surface area is 167 Å². The second kappa shape index (κ2) is 7.24. The maximum atomic E-state index is 11.8. The highest BCUT2D eigenvalue weighted by Crippen LogP contribution is 2.38. The molecule has 3 heterocycles. The predicted molar refractivity (Wildman–Crippen MR) is 114 cm³/mol. The number of fused-ring (bicyclic) bond motifs is 1. The summed E-state index contributed by atoms with van der Waals surface area (Å²) in [5.74, 6) is 0.278. The number of nitrogens with zero attached hydrogens (tertiary/aromatic N) is 2. The molecule has 1 aliphatic heterocycles. The Bertz CT molecular complexity index is 1130. The molecule has 4 nitrogen and oxygen atoms in total. The Morgan fingerprint density at radius 2 is 1.89 bits per heavy atom. The number of carbonyl (C=O) groups excluding carboxylic acids is 1. The van der Waals surface area contributed by atoms with E-state index in [9.17, 15) is 4.79 Å². The summed E-state index contributed by atoms with van der Waals surface area (Å²) in [6.07, 6.45) is 2.50. The second-order valence-electron chi connectivity index (χ2n) is 7.15. The van der Waals surface area contributed by atoms with E-state index in [4.69, 9.17) is 4.98 Å². The zero-order valence-corrected chi connectivity index (χ0v) is 16.3. The SMILES string of the molecule is O=C1CCCN1CCc1nc(-c2c(-c3ccccc3)[nH]c3ccccc23)cs1. The van der Waals surface area contributed by atoms with E-state index in [2.05, 4.69) is 58.9 Å². The van der Waals surface area contributed by atoms with Crippen molar-refractivity contribution in [3.63, 3.8) is 0 Å². The van der Waals surface area contributed by atoms with Gasteiger partial charge in [-0.3, -0.25) is 4.79 Å². The number of hydrogen-bond acceptors (Lipinski definition) is 3. The van der Waals surface area contributed by atoms with Gasteiger partial charge in [0.1, 0.15) is 0 Å². The lowest BCUT2D eigenvalue weighted by Crippen LogP contribution is -2.26. The normalized spacial score (nSPS) is 14.3. The van der Waals surface area contributed by atoms with E-state index in [1.165, 1.54) is 5.39 Å². The quantitative estimate of drug-likeness (QED) is 0.516. The largest absolute Gasteiger partial charge is 0.354 e. The molecular weight excluding hydrogens is 366 g/mol. The van der Waals surface area contributed by atoms with Gasteiger partial charge in [-0.05, 0) is 18.1 Å². The van der Waals surface area contributed by atoms with Crippen molar-refractivity contribution >= 4 is 28.1 Å². The first-order valence-corrected chi connectivity index (χ1v) is 10.6. The molecule has 28 heavy (non-hydrogen) atoms. The summed E-state index contributed by atoms with van der Waals surface area (Å²) in [7, 11) is 0. The summed E-state index contributed by atoms with van der Waals surface area (Å²) in [6, 6.07) is 18.8. The number of likely N-dealkylation sites (tertiary alicyclic amines) is 1. The molecule has 5 rings (SSSR count). The molecule has 5 heteroatoms. The third-order valence-corrected chi connectivity index (χ3v) is 6.25. The van der Waals surface area contributed by atoms with Crippen molar-refractivity contribution in [3.05, 3.63) is 65.0 Å². The molecule has 4 aromatic rings. The van der Waals surface area contributed by atoms with Crippen LogP contribution in [0.1, 0.15) is 17.8 Å². The van der Waals surface area contributed by atoms with Crippen LogP contribution in [0.15, 0.2) is 60.0 Å². The van der Waals surface area contributed by atoms with Crippen molar-refractivity contribution in [2.75, 3.05) is 13.1 Å². The molecule has 1 N–H and O–H groups in total. The van der Waals surface area contributed by atoms with E-state index in [1.54, 1.807) is 11.3 Å². The minimum absolute atomic E-state index is 0.278. The van der Waals surface area contributed by atoms with Crippen molar-refractivity contribution in [1.29, 1.82) is 0 Å². The third kappa shape index (κ3) is 3.12. The minimum Gasteiger partial charge on any atom is -0.354 e. The Morgan fingerprint density at radius 3 is 2.71 bits per heavy atom. The monoisotopic (exact) mass is 387 g/mol. The van der Waals surface area contributed by atoms with Crippen LogP contribution in [-0.4, -0.2) is 33.9 Å². The van der Waals surface area contributed by atoms with Gasteiger partial charge in [0.05, 0.1) is 16.4 Å². The fraction of sp³-hybridized carbons (Fsp3) is 0.217. The van der Waals surface area contributed by atoms with Crippen molar-refractivity contribution in [2.24, 2.45) is 0 Å². The molecule has 0 saturated carbocycles. The lowest BCUT2D eigenvalue weighted by atomic mass is 10.0. The summed E-state index contributed by atoms with van der Waals surface area (Å²) in [4.78, 5) is 22.3. The standard InChI is InChI=1S/C23H21N3OS/c27-21-11-6-13-26(21)14-12-20-24-19(15-28-20)22-17-9-4-5-10-18(17)25-23(22)16-7-2-1-3-8-16/h1-5,7-10,15,25H,6,11-14H2. The molecule has 0 bridgehead atoms. The van der Waals surface area contributed by atoms with E-state index < -0.39 is 0 Å². The minimum atomic E-state index is 0.278. The van der Waals surface area contributed by atoms with Crippen molar-refractivity contribution < 1.29 is 4.79 Å². The average Bonchev–Trinajstić information content (AvgIpc) is 3.45. The molecule has 1 amide bonds. The van der Waals surface area contributed by atoms with Crippen LogP contribution in [-0.2, 0) is 11.2 Å². The Balaban J connectivity index is 1.51. The Hall–Kier alpha value is -2.92.